The summed E-state index contributed by atoms with van der Waals surface area (Å²) in [5, 5.41) is 13.0. The van der Waals surface area contributed by atoms with E-state index in [-0.39, 0.29) is 12.1 Å². The van der Waals surface area contributed by atoms with E-state index in [1.165, 1.54) is 19.3 Å². The molecule has 0 aliphatic heterocycles. The molecular weight excluding hydrogens is 248 g/mol. The van der Waals surface area contributed by atoms with Crippen molar-refractivity contribution in [1.29, 1.82) is 0 Å². The molecule has 2 atom stereocenters. The first kappa shape index (κ1) is 19.9. The molecule has 3 heteroatoms. The van der Waals surface area contributed by atoms with Crippen LogP contribution >= 0.6 is 0 Å². The van der Waals surface area contributed by atoms with Crippen molar-refractivity contribution in [1.82, 2.24) is 10.2 Å². The zero-order valence-corrected chi connectivity index (χ0v) is 14.7. The first-order chi connectivity index (χ1) is 9.34. The minimum absolute atomic E-state index is 0.0991. The van der Waals surface area contributed by atoms with E-state index in [9.17, 15) is 5.11 Å². The fourth-order valence-electron chi connectivity index (χ4n) is 2.61. The molecule has 2 unspecified atom stereocenters. The summed E-state index contributed by atoms with van der Waals surface area (Å²) in [5.74, 6) is 0.767. The lowest BCUT2D eigenvalue weighted by molar-refractivity contribution is 0.159. The van der Waals surface area contributed by atoms with E-state index in [1.807, 2.05) is 0 Å². The summed E-state index contributed by atoms with van der Waals surface area (Å²) in [7, 11) is 2.23. The van der Waals surface area contributed by atoms with Gasteiger partial charge in [0.1, 0.15) is 0 Å². The molecule has 0 rings (SSSR count). The Morgan fingerprint density at radius 2 is 1.85 bits per heavy atom. The maximum Gasteiger partial charge on any atom is 0.0610 e. The van der Waals surface area contributed by atoms with E-state index in [4.69, 9.17) is 0 Å². The molecule has 0 heterocycles. The molecule has 0 spiro atoms. The number of aliphatic hydroxyl groups is 1. The van der Waals surface area contributed by atoms with Crippen molar-refractivity contribution in [3.05, 3.63) is 0 Å². The van der Waals surface area contributed by atoms with Crippen LogP contribution in [0.1, 0.15) is 66.7 Å². The fourth-order valence-corrected chi connectivity index (χ4v) is 2.61. The second-order valence-electron chi connectivity index (χ2n) is 7.06. The largest absolute Gasteiger partial charge is 0.394 e. The van der Waals surface area contributed by atoms with E-state index < -0.39 is 0 Å². The van der Waals surface area contributed by atoms with E-state index in [2.05, 4.69) is 51.9 Å². The highest BCUT2D eigenvalue weighted by Crippen LogP contribution is 2.15. The minimum Gasteiger partial charge on any atom is -0.394 e. The van der Waals surface area contributed by atoms with Crippen molar-refractivity contribution >= 4 is 0 Å². The van der Waals surface area contributed by atoms with Crippen molar-refractivity contribution in [3.8, 4) is 0 Å². The van der Waals surface area contributed by atoms with Crippen LogP contribution in [0.5, 0.6) is 0 Å². The monoisotopic (exact) mass is 286 g/mol. The van der Waals surface area contributed by atoms with Gasteiger partial charge in [-0.1, -0.05) is 27.2 Å². The van der Waals surface area contributed by atoms with Gasteiger partial charge in [-0.05, 0) is 65.6 Å². The van der Waals surface area contributed by atoms with E-state index in [1.54, 1.807) is 0 Å². The number of unbranched alkanes of at least 4 members (excludes halogenated alkanes) is 1. The van der Waals surface area contributed by atoms with Gasteiger partial charge in [-0.2, -0.15) is 0 Å². The normalized spacial score (nSPS) is 16.6. The summed E-state index contributed by atoms with van der Waals surface area (Å²) >= 11 is 0. The van der Waals surface area contributed by atoms with Gasteiger partial charge < -0.3 is 15.3 Å². The summed E-state index contributed by atoms with van der Waals surface area (Å²) in [4.78, 5) is 2.47. The molecule has 0 aromatic heterocycles. The molecule has 0 saturated carbocycles. The molecule has 122 valence electrons. The topological polar surface area (TPSA) is 35.5 Å². The van der Waals surface area contributed by atoms with Crippen LogP contribution in [-0.4, -0.2) is 48.3 Å². The molecule has 0 radical (unpaired) electrons. The molecule has 0 saturated heterocycles. The van der Waals surface area contributed by atoms with Crippen LogP contribution in [0.4, 0.5) is 0 Å². The van der Waals surface area contributed by atoms with Crippen LogP contribution in [0.25, 0.3) is 0 Å². The van der Waals surface area contributed by atoms with Gasteiger partial charge in [-0.3, -0.25) is 0 Å². The lowest BCUT2D eigenvalue weighted by Gasteiger charge is -2.30. The maximum atomic E-state index is 9.53. The Bertz CT molecular complexity index is 233. The summed E-state index contributed by atoms with van der Waals surface area (Å²) in [6, 6.07) is 0.664. The first-order valence-electron chi connectivity index (χ1n) is 8.40. The highest BCUT2D eigenvalue weighted by Gasteiger charge is 2.21. The van der Waals surface area contributed by atoms with Gasteiger partial charge in [0.25, 0.3) is 0 Å². The van der Waals surface area contributed by atoms with Crippen LogP contribution in [-0.2, 0) is 0 Å². The second-order valence-corrected chi connectivity index (χ2v) is 7.06. The summed E-state index contributed by atoms with van der Waals surface area (Å²) in [6.07, 6.45) is 5.82. The lowest BCUT2D eigenvalue weighted by Crippen LogP contribution is -2.46. The standard InChI is InChI=1S/C17H38N2O/c1-7-11-18-17(5,14-20)10-8-9-12-19(6)16(4)13-15(2)3/h15-16,18,20H,7-14H2,1-6H3. The predicted octanol–water partition coefficient (Wildman–Crippen LogP) is 3.27. The van der Waals surface area contributed by atoms with Gasteiger partial charge in [0.2, 0.25) is 0 Å². The number of nitrogens with zero attached hydrogens (tertiary/aromatic N) is 1. The van der Waals surface area contributed by atoms with Crippen molar-refractivity contribution in [2.75, 3.05) is 26.7 Å². The van der Waals surface area contributed by atoms with Crippen LogP contribution in [0.3, 0.4) is 0 Å². The maximum absolute atomic E-state index is 9.53. The zero-order valence-electron chi connectivity index (χ0n) is 14.7. The molecule has 0 aromatic carbocycles. The molecule has 2 N–H and O–H groups in total. The minimum atomic E-state index is -0.0991. The van der Waals surface area contributed by atoms with E-state index >= 15 is 0 Å². The van der Waals surface area contributed by atoms with Gasteiger partial charge >= 0.3 is 0 Å². The zero-order chi connectivity index (χ0) is 15.6. The highest BCUT2D eigenvalue weighted by atomic mass is 16.3. The highest BCUT2D eigenvalue weighted by molar-refractivity contribution is 4.82. The Morgan fingerprint density at radius 3 is 2.35 bits per heavy atom. The van der Waals surface area contributed by atoms with Gasteiger partial charge in [-0.15, -0.1) is 0 Å². The number of aliphatic hydroxyl groups excluding tert-OH is 1. The molecule has 0 aliphatic rings. The van der Waals surface area contributed by atoms with Gasteiger partial charge in [0.05, 0.1) is 6.61 Å². The Morgan fingerprint density at radius 1 is 1.20 bits per heavy atom. The van der Waals surface area contributed by atoms with Crippen molar-refractivity contribution in [2.45, 2.75) is 78.3 Å². The quantitative estimate of drug-likeness (QED) is 0.541. The third-order valence-corrected chi connectivity index (χ3v) is 4.21. The van der Waals surface area contributed by atoms with Crippen LogP contribution in [0, 0.1) is 5.92 Å². The predicted molar refractivity (Wildman–Crippen MR) is 89.2 cm³/mol. The number of nitrogens with one attached hydrogen (secondary N) is 1. The number of hydrogen-bond donors (Lipinski definition) is 2. The Balaban J connectivity index is 3.87. The first-order valence-corrected chi connectivity index (χ1v) is 8.40. The molecule has 20 heavy (non-hydrogen) atoms. The Hall–Kier alpha value is -0.120. The third kappa shape index (κ3) is 8.93. The van der Waals surface area contributed by atoms with Gasteiger partial charge in [0, 0.05) is 11.6 Å². The van der Waals surface area contributed by atoms with Gasteiger partial charge in [-0.25, -0.2) is 0 Å². The number of rotatable bonds is 12. The molecule has 0 aliphatic carbocycles. The van der Waals surface area contributed by atoms with Crippen LogP contribution in [0.15, 0.2) is 0 Å². The second kappa shape index (κ2) is 10.6. The average molecular weight is 287 g/mol. The molecule has 0 aromatic rings. The molecule has 3 nitrogen and oxygen atoms in total. The Kier molecular flexibility index (Phi) is 10.5. The van der Waals surface area contributed by atoms with Crippen molar-refractivity contribution in [2.24, 2.45) is 5.92 Å². The average Bonchev–Trinajstić information content (AvgIpc) is 2.40. The van der Waals surface area contributed by atoms with Gasteiger partial charge in [0.15, 0.2) is 0 Å². The van der Waals surface area contributed by atoms with Crippen molar-refractivity contribution in [3.63, 3.8) is 0 Å². The van der Waals surface area contributed by atoms with E-state index in [0.29, 0.717) is 6.04 Å². The van der Waals surface area contributed by atoms with Crippen LogP contribution < -0.4 is 5.32 Å². The lowest BCUT2D eigenvalue weighted by atomic mass is 9.95. The van der Waals surface area contributed by atoms with Crippen molar-refractivity contribution < 1.29 is 5.11 Å². The molecule has 0 fully saturated rings. The summed E-state index contributed by atoms with van der Waals surface area (Å²) < 4.78 is 0. The smallest absolute Gasteiger partial charge is 0.0610 e. The van der Waals surface area contributed by atoms with E-state index in [0.717, 1.165) is 31.8 Å². The number of hydrogen-bond acceptors (Lipinski definition) is 3. The third-order valence-electron chi connectivity index (χ3n) is 4.21. The molecular formula is C17H38N2O. The summed E-state index contributed by atoms with van der Waals surface area (Å²) in [6.45, 7) is 13.6. The molecule has 0 amide bonds. The Labute approximate surface area is 127 Å². The fraction of sp³-hybridized carbons (Fsp3) is 1.00. The SMILES string of the molecule is CCCNC(C)(CO)CCCCN(C)C(C)CC(C)C. The van der Waals surface area contributed by atoms with Crippen LogP contribution in [0.2, 0.25) is 0 Å². The molecule has 0 bridgehead atoms. The summed E-state index contributed by atoms with van der Waals surface area (Å²) in [5.41, 5.74) is -0.0991.